The summed E-state index contributed by atoms with van der Waals surface area (Å²) in [4.78, 5) is 12.0. The average Bonchev–Trinajstić information content (AvgIpc) is 2.37. The van der Waals surface area contributed by atoms with Crippen molar-refractivity contribution in [2.24, 2.45) is 5.73 Å². The smallest absolute Gasteiger partial charge is 0.422 e. The van der Waals surface area contributed by atoms with E-state index < -0.39 is 18.3 Å². The van der Waals surface area contributed by atoms with Crippen molar-refractivity contribution in [3.05, 3.63) is 24.3 Å². The van der Waals surface area contributed by atoms with Gasteiger partial charge in [0.05, 0.1) is 5.54 Å². The molecule has 1 unspecified atom stereocenters. The van der Waals surface area contributed by atoms with Crippen molar-refractivity contribution in [3.63, 3.8) is 0 Å². The molecule has 7 heteroatoms. The van der Waals surface area contributed by atoms with Gasteiger partial charge in [-0.25, -0.2) is 0 Å². The van der Waals surface area contributed by atoms with Gasteiger partial charge in [0.1, 0.15) is 5.75 Å². The SMILES string of the molecule is CCCC(C)(N)C(=O)Nc1ccc(OCC(F)(F)F)cc1. The molecule has 4 nitrogen and oxygen atoms in total. The van der Waals surface area contributed by atoms with Crippen LogP contribution in [0.25, 0.3) is 0 Å². The van der Waals surface area contributed by atoms with Crippen LogP contribution in [0.3, 0.4) is 0 Å². The van der Waals surface area contributed by atoms with Gasteiger partial charge in [0, 0.05) is 5.69 Å². The molecule has 0 aromatic heterocycles. The van der Waals surface area contributed by atoms with Crippen LogP contribution in [-0.4, -0.2) is 24.2 Å². The fourth-order valence-electron chi connectivity index (χ4n) is 1.71. The second-order valence-electron chi connectivity index (χ2n) is 5.05. The van der Waals surface area contributed by atoms with E-state index in [0.29, 0.717) is 12.1 Å². The molecule has 0 bridgehead atoms. The van der Waals surface area contributed by atoms with E-state index in [1.807, 2.05) is 6.92 Å². The third kappa shape index (κ3) is 6.03. The molecule has 1 aromatic carbocycles. The number of ether oxygens (including phenoxy) is 1. The quantitative estimate of drug-likeness (QED) is 0.849. The Morgan fingerprint density at radius 2 is 1.86 bits per heavy atom. The summed E-state index contributed by atoms with van der Waals surface area (Å²) >= 11 is 0. The van der Waals surface area contributed by atoms with E-state index in [4.69, 9.17) is 5.73 Å². The van der Waals surface area contributed by atoms with Crippen LogP contribution in [0.15, 0.2) is 24.3 Å². The first kappa shape index (κ1) is 17.3. The number of benzene rings is 1. The topological polar surface area (TPSA) is 64.4 Å². The Hall–Kier alpha value is -1.76. The molecule has 118 valence electrons. The summed E-state index contributed by atoms with van der Waals surface area (Å²) in [5, 5.41) is 2.62. The summed E-state index contributed by atoms with van der Waals surface area (Å²) in [5.41, 5.74) is 5.35. The molecular weight excluding hydrogens is 285 g/mol. The van der Waals surface area contributed by atoms with Gasteiger partial charge in [-0.1, -0.05) is 13.3 Å². The minimum atomic E-state index is -4.38. The average molecular weight is 304 g/mol. The maximum absolute atomic E-state index is 12.0. The molecule has 0 fully saturated rings. The fourth-order valence-corrected chi connectivity index (χ4v) is 1.71. The Balaban J connectivity index is 2.61. The standard InChI is InChI=1S/C14H19F3N2O2/c1-3-8-13(2,18)12(20)19-10-4-6-11(7-5-10)21-9-14(15,16)17/h4-7H,3,8-9,18H2,1-2H3,(H,19,20). The van der Waals surface area contributed by atoms with Gasteiger partial charge in [0.2, 0.25) is 5.91 Å². The summed E-state index contributed by atoms with van der Waals surface area (Å²) < 4.78 is 40.6. The van der Waals surface area contributed by atoms with Crippen molar-refractivity contribution >= 4 is 11.6 Å². The third-order valence-electron chi connectivity index (χ3n) is 2.80. The van der Waals surface area contributed by atoms with E-state index in [2.05, 4.69) is 10.1 Å². The summed E-state index contributed by atoms with van der Waals surface area (Å²) in [6.45, 7) is 2.20. The van der Waals surface area contributed by atoms with Crippen LogP contribution >= 0.6 is 0 Å². The molecule has 0 aliphatic heterocycles. The Kier molecular flexibility index (Phi) is 5.60. The van der Waals surface area contributed by atoms with E-state index in [0.717, 1.165) is 6.42 Å². The maximum atomic E-state index is 12.0. The van der Waals surface area contributed by atoms with Crippen LogP contribution in [0, 0.1) is 0 Å². The number of carbonyl (C=O) groups excluding carboxylic acids is 1. The van der Waals surface area contributed by atoms with Crippen LogP contribution < -0.4 is 15.8 Å². The predicted octanol–water partition coefficient (Wildman–Crippen LogP) is 3.08. The summed E-state index contributed by atoms with van der Waals surface area (Å²) in [6.07, 6.45) is -3.08. The van der Waals surface area contributed by atoms with Crippen molar-refractivity contribution in [2.75, 3.05) is 11.9 Å². The number of nitrogens with one attached hydrogen (secondary N) is 1. The summed E-state index contributed by atoms with van der Waals surface area (Å²) in [7, 11) is 0. The second kappa shape index (κ2) is 6.80. The lowest BCUT2D eigenvalue weighted by atomic mass is 9.96. The number of carbonyl (C=O) groups is 1. The van der Waals surface area contributed by atoms with E-state index in [1.165, 1.54) is 24.3 Å². The van der Waals surface area contributed by atoms with Crippen molar-refractivity contribution in [2.45, 2.75) is 38.4 Å². The number of nitrogens with two attached hydrogens (primary N) is 1. The minimum Gasteiger partial charge on any atom is -0.484 e. The molecule has 0 saturated heterocycles. The van der Waals surface area contributed by atoms with Gasteiger partial charge in [0.25, 0.3) is 0 Å². The van der Waals surface area contributed by atoms with Crippen molar-refractivity contribution < 1.29 is 22.7 Å². The van der Waals surface area contributed by atoms with Crippen LogP contribution in [-0.2, 0) is 4.79 Å². The Morgan fingerprint density at radius 1 is 1.29 bits per heavy atom. The van der Waals surface area contributed by atoms with Gasteiger partial charge >= 0.3 is 6.18 Å². The highest BCUT2D eigenvalue weighted by Crippen LogP contribution is 2.21. The lowest BCUT2D eigenvalue weighted by Gasteiger charge is -2.22. The summed E-state index contributed by atoms with van der Waals surface area (Å²) in [6, 6.07) is 5.64. The predicted molar refractivity (Wildman–Crippen MR) is 74.1 cm³/mol. The normalized spacial score (nSPS) is 14.4. The van der Waals surface area contributed by atoms with E-state index in [-0.39, 0.29) is 11.7 Å². The molecule has 1 aromatic rings. The first-order valence-electron chi connectivity index (χ1n) is 6.54. The largest absolute Gasteiger partial charge is 0.484 e. The molecule has 1 atom stereocenters. The monoisotopic (exact) mass is 304 g/mol. The van der Waals surface area contributed by atoms with E-state index >= 15 is 0 Å². The Bertz CT molecular complexity index is 470. The lowest BCUT2D eigenvalue weighted by molar-refractivity contribution is -0.153. The number of amides is 1. The van der Waals surface area contributed by atoms with Gasteiger partial charge in [-0.3, -0.25) is 4.79 Å². The fraction of sp³-hybridized carbons (Fsp3) is 0.500. The molecule has 0 heterocycles. The first-order chi connectivity index (χ1) is 9.64. The maximum Gasteiger partial charge on any atom is 0.422 e. The second-order valence-corrected chi connectivity index (χ2v) is 5.05. The lowest BCUT2D eigenvalue weighted by Crippen LogP contribution is -2.48. The van der Waals surface area contributed by atoms with Gasteiger partial charge in [-0.2, -0.15) is 13.2 Å². The number of halogens is 3. The molecule has 0 aliphatic rings. The first-order valence-corrected chi connectivity index (χ1v) is 6.54. The Labute approximate surface area is 121 Å². The molecule has 0 aliphatic carbocycles. The number of rotatable bonds is 6. The molecule has 21 heavy (non-hydrogen) atoms. The number of hydrogen-bond acceptors (Lipinski definition) is 3. The highest BCUT2D eigenvalue weighted by Gasteiger charge is 2.29. The van der Waals surface area contributed by atoms with Crippen LogP contribution in [0.1, 0.15) is 26.7 Å². The van der Waals surface area contributed by atoms with Crippen LogP contribution in [0.5, 0.6) is 5.75 Å². The van der Waals surface area contributed by atoms with Crippen LogP contribution in [0.2, 0.25) is 0 Å². The molecule has 0 radical (unpaired) electrons. The highest BCUT2D eigenvalue weighted by molar-refractivity contribution is 5.97. The zero-order chi connectivity index (χ0) is 16.1. The van der Waals surface area contributed by atoms with E-state index in [1.54, 1.807) is 6.92 Å². The summed E-state index contributed by atoms with van der Waals surface area (Å²) in [5.74, 6) is -0.261. The molecule has 1 amide bonds. The zero-order valence-corrected chi connectivity index (χ0v) is 12.0. The number of hydrogen-bond donors (Lipinski definition) is 2. The van der Waals surface area contributed by atoms with Crippen molar-refractivity contribution in [1.82, 2.24) is 0 Å². The van der Waals surface area contributed by atoms with Gasteiger partial charge in [-0.05, 0) is 37.6 Å². The minimum absolute atomic E-state index is 0.0781. The molecule has 3 N–H and O–H groups in total. The highest BCUT2D eigenvalue weighted by atomic mass is 19.4. The van der Waals surface area contributed by atoms with Crippen molar-refractivity contribution in [1.29, 1.82) is 0 Å². The Morgan fingerprint density at radius 3 is 2.33 bits per heavy atom. The van der Waals surface area contributed by atoms with Gasteiger partial charge < -0.3 is 15.8 Å². The zero-order valence-electron chi connectivity index (χ0n) is 12.0. The molecule has 0 saturated carbocycles. The van der Waals surface area contributed by atoms with Gasteiger partial charge in [-0.15, -0.1) is 0 Å². The van der Waals surface area contributed by atoms with E-state index in [9.17, 15) is 18.0 Å². The third-order valence-corrected chi connectivity index (χ3v) is 2.80. The number of alkyl halides is 3. The molecule has 0 spiro atoms. The van der Waals surface area contributed by atoms with Gasteiger partial charge in [0.15, 0.2) is 6.61 Å². The van der Waals surface area contributed by atoms with Crippen molar-refractivity contribution in [3.8, 4) is 5.75 Å². The number of anilines is 1. The van der Waals surface area contributed by atoms with Crippen LogP contribution in [0.4, 0.5) is 18.9 Å². The molecule has 1 rings (SSSR count). The molecular formula is C14H19F3N2O2.